The van der Waals surface area contributed by atoms with E-state index in [1.807, 2.05) is 0 Å². The van der Waals surface area contributed by atoms with Crippen LogP contribution in [0.1, 0.15) is 34.5 Å². The lowest BCUT2D eigenvalue weighted by Gasteiger charge is -2.12. The molecule has 2 unspecified atom stereocenters. The normalized spacial score (nSPS) is 14.0. The van der Waals surface area contributed by atoms with E-state index in [2.05, 4.69) is 31.9 Å². The minimum Gasteiger partial charge on any atom is -0.479 e. The van der Waals surface area contributed by atoms with Crippen LogP contribution in [0.3, 0.4) is 0 Å². The standard InChI is InChI=1S/C12H12Br2O4/c1-6(14)10(15)7-2-3-9(8(4-7)5-13)11(16)12(17)18/h2-4,6,11,16H,5H2,1H3,(H,17,18). The molecule has 0 radical (unpaired) electrons. The van der Waals surface area contributed by atoms with E-state index in [0.29, 0.717) is 16.5 Å². The molecule has 2 N–H and O–H groups in total. The average Bonchev–Trinajstić information content (AvgIpc) is 2.35. The topological polar surface area (TPSA) is 74.6 Å². The van der Waals surface area contributed by atoms with E-state index in [1.165, 1.54) is 12.1 Å². The molecular formula is C12H12Br2O4. The summed E-state index contributed by atoms with van der Waals surface area (Å²) in [5, 5.41) is 18.7. The molecule has 0 saturated heterocycles. The summed E-state index contributed by atoms with van der Waals surface area (Å²) in [5.74, 6) is -1.40. The van der Waals surface area contributed by atoms with E-state index in [-0.39, 0.29) is 16.2 Å². The zero-order valence-corrected chi connectivity index (χ0v) is 12.7. The number of hydrogen-bond acceptors (Lipinski definition) is 3. The molecule has 1 rings (SSSR count). The first-order valence-electron chi connectivity index (χ1n) is 5.16. The van der Waals surface area contributed by atoms with E-state index < -0.39 is 12.1 Å². The number of ketones is 1. The van der Waals surface area contributed by atoms with Gasteiger partial charge in [0, 0.05) is 10.9 Å². The maximum atomic E-state index is 11.8. The Hall–Kier alpha value is -0.720. The van der Waals surface area contributed by atoms with Gasteiger partial charge < -0.3 is 10.2 Å². The fourth-order valence-electron chi connectivity index (χ4n) is 1.50. The Labute approximate surface area is 121 Å². The Morgan fingerprint density at radius 3 is 2.44 bits per heavy atom. The molecule has 0 aliphatic heterocycles. The van der Waals surface area contributed by atoms with Gasteiger partial charge in [-0.15, -0.1) is 0 Å². The van der Waals surface area contributed by atoms with Gasteiger partial charge in [0.05, 0.1) is 4.83 Å². The lowest BCUT2D eigenvalue weighted by Crippen LogP contribution is -2.15. The molecule has 0 spiro atoms. The molecule has 0 bridgehead atoms. The second-order valence-corrected chi connectivity index (χ2v) is 5.70. The second-order valence-electron chi connectivity index (χ2n) is 3.77. The number of aliphatic hydroxyl groups is 1. The Morgan fingerprint density at radius 2 is 2.00 bits per heavy atom. The lowest BCUT2D eigenvalue weighted by molar-refractivity contribution is -0.147. The third kappa shape index (κ3) is 3.40. The predicted octanol–water partition coefficient (Wildman–Crippen LogP) is 2.67. The number of benzene rings is 1. The van der Waals surface area contributed by atoms with Gasteiger partial charge in [-0.05, 0) is 24.1 Å². The average molecular weight is 380 g/mol. The van der Waals surface area contributed by atoms with Crippen LogP contribution in [0.25, 0.3) is 0 Å². The van der Waals surface area contributed by atoms with Crippen molar-refractivity contribution in [1.29, 1.82) is 0 Å². The number of aliphatic carboxylic acids is 1. The summed E-state index contributed by atoms with van der Waals surface area (Å²) < 4.78 is 0. The third-order valence-electron chi connectivity index (χ3n) is 2.46. The minimum absolute atomic E-state index is 0.0893. The third-order valence-corrected chi connectivity index (χ3v) is 3.48. The molecule has 1 aromatic carbocycles. The SMILES string of the molecule is CC(Br)C(=O)c1ccc(C(O)C(=O)O)c(CBr)c1. The van der Waals surface area contributed by atoms with Gasteiger partial charge in [-0.2, -0.15) is 0 Å². The van der Waals surface area contributed by atoms with Gasteiger partial charge in [0.1, 0.15) is 0 Å². The number of alkyl halides is 2. The molecule has 2 atom stereocenters. The van der Waals surface area contributed by atoms with Crippen molar-refractivity contribution >= 4 is 43.6 Å². The van der Waals surface area contributed by atoms with Crippen molar-refractivity contribution < 1.29 is 19.8 Å². The highest BCUT2D eigenvalue weighted by Gasteiger charge is 2.21. The maximum absolute atomic E-state index is 11.8. The molecule has 1 aromatic rings. The summed E-state index contributed by atoms with van der Waals surface area (Å²) in [6, 6.07) is 4.59. The maximum Gasteiger partial charge on any atom is 0.337 e. The summed E-state index contributed by atoms with van der Waals surface area (Å²) >= 11 is 6.41. The van der Waals surface area contributed by atoms with Crippen LogP contribution in [0.2, 0.25) is 0 Å². The van der Waals surface area contributed by atoms with Crippen molar-refractivity contribution in [3.63, 3.8) is 0 Å². The molecule has 0 aliphatic rings. The van der Waals surface area contributed by atoms with E-state index in [9.17, 15) is 14.7 Å². The highest BCUT2D eigenvalue weighted by Crippen LogP contribution is 2.23. The number of carbonyl (C=O) groups is 2. The van der Waals surface area contributed by atoms with Gasteiger partial charge in [-0.1, -0.05) is 44.0 Å². The zero-order valence-electron chi connectivity index (χ0n) is 9.56. The first-order chi connectivity index (χ1) is 8.38. The van der Waals surface area contributed by atoms with Crippen LogP contribution in [0, 0.1) is 0 Å². The van der Waals surface area contributed by atoms with Gasteiger partial charge in [0.15, 0.2) is 11.9 Å². The van der Waals surface area contributed by atoms with Crippen LogP contribution in [-0.4, -0.2) is 26.8 Å². The molecule has 98 valence electrons. The molecule has 18 heavy (non-hydrogen) atoms. The number of carboxylic acids is 1. The number of rotatable bonds is 5. The molecule has 0 fully saturated rings. The van der Waals surface area contributed by atoms with Crippen LogP contribution in [0.4, 0.5) is 0 Å². The van der Waals surface area contributed by atoms with Crippen LogP contribution in [0.15, 0.2) is 18.2 Å². The molecule has 0 aliphatic carbocycles. The largest absolute Gasteiger partial charge is 0.479 e. The van der Waals surface area contributed by atoms with Crippen LogP contribution >= 0.6 is 31.9 Å². The van der Waals surface area contributed by atoms with Crippen molar-refractivity contribution in [2.45, 2.75) is 23.2 Å². The molecule has 0 heterocycles. The van der Waals surface area contributed by atoms with Crippen molar-refractivity contribution in [2.24, 2.45) is 0 Å². The smallest absolute Gasteiger partial charge is 0.337 e. The highest BCUT2D eigenvalue weighted by molar-refractivity contribution is 9.10. The Kier molecular flexibility index (Phi) is 5.49. The number of carboxylic acid groups (broad SMARTS) is 1. The summed E-state index contributed by atoms with van der Waals surface area (Å²) in [4.78, 5) is 22.2. The van der Waals surface area contributed by atoms with Gasteiger partial charge in [-0.3, -0.25) is 4.79 Å². The van der Waals surface area contributed by atoms with Gasteiger partial charge in [-0.25, -0.2) is 4.79 Å². The van der Waals surface area contributed by atoms with Crippen molar-refractivity contribution in [2.75, 3.05) is 0 Å². The van der Waals surface area contributed by atoms with Crippen molar-refractivity contribution in [1.82, 2.24) is 0 Å². The van der Waals surface area contributed by atoms with E-state index in [4.69, 9.17) is 5.11 Å². The first-order valence-corrected chi connectivity index (χ1v) is 7.20. The first kappa shape index (κ1) is 15.3. The molecular weight excluding hydrogens is 368 g/mol. The van der Waals surface area contributed by atoms with Crippen molar-refractivity contribution in [3.8, 4) is 0 Å². The monoisotopic (exact) mass is 378 g/mol. The molecule has 0 aromatic heterocycles. The van der Waals surface area contributed by atoms with Gasteiger partial charge in [0.2, 0.25) is 0 Å². The molecule has 6 heteroatoms. The molecule has 4 nitrogen and oxygen atoms in total. The Bertz CT molecular complexity index is 471. The van der Waals surface area contributed by atoms with Crippen LogP contribution in [-0.2, 0) is 10.1 Å². The van der Waals surface area contributed by atoms with E-state index in [0.717, 1.165) is 0 Å². The quantitative estimate of drug-likeness (QED) is 0.609. The molecule has 0 saturated carbocycles. The fraction of sp³-hybridized carbons (Fsp3) is 0.333. The Morgan fingerprint density at radius 1 is 1.39 bits per heavy atom. The summed E-state index contributed by atoms with van der Waals surface area (Å²) in [6.45, 7) is 1.72. The number of carbonyl (C=O) groups excluding carboxylic acids is 1. The van der Waals surface area contributed by atoms with Gasteiger partial charge >= 0.3 is 5.97 Å². The second kappa shape index (κ2) is 6.45. The Balaban J connectivity index is 3.19. The summed E-state index contributed by atoms with van der Waals surface area (Å²) in [7, 11) is 0. The lowest BCUT2D eigenvalue weighted by atomic mass is 9.98. The molecule has 0 amide bonds. The van der Waals surface area contributed by atoms with E-state index in [1.54, 1.807) is 13.0 Å². The number of aliphatic hydroxyl groups excluding tert-OH is 1. The fourth-order valence-corrected chi connectivity index (χ4v) is 2.25. The predicted molar refractivity (Wildman–Crippen MR) is 74.4 cm³/mol. The highest BCUT2D eigenvalue weighted by atomic mass is 79.9. The minimum atomic E-state index is -1.58. The van der Waals surface area contributed by atoms with E-state index >= 15 is 0 Å². The van der Waals surface area contributed by atoms with Crippen molar-refractivity contribution in [3.05, 3.63) is 34.9 Å². The number of halogens is 2. The number of hydrogen-bond donors (Lipinski definition) is 2. The van der Waals surface area contributed by atoms with Crippen LogP contribution < -0.4 is 0 Å². The van der Waals surface area contributed by atoms with Crippen LogP contribution in [0.5, 0.6) is 0 Å². The zero-order chi connectivity index (χ0) is 13.9. The summed E-state index contributed by atoms with van der Waals surface area (Å²) in [5.41, 5.74) is 1.36. The number of Topliss-reactive ketones (excluding diaryl/α,β-unsaturated/α-hetero) is 1. The van der Waals surface area contributed by atoms with Gasteiger partial charge in [0.25, 0.3) is 0 Å². The summed E-state index contributed by atoms with van der Waals surface area (Å²) in [6.07, 6.45) is -1.58.